The van der Waals surface area contributed by atoms with Gasteiger partial charge < -0.3 is 9.47 Å². The molecular formula is C10H10O3S. The minimum Gasteiger partial charge on any atom is -0.459 e. The highest BCUT2D eigenvalue weighted by molar-refractivity contribution is 7.10. The Morgan fingerprint density at radius 1 is 1.57 bits per heavy atom. The van der Waals surface area contributed by atoms with E-state index in [1.807, 2.05) is 11.4 Å². The first-order valence-corrected chi connectivity index (χ1v) is 4.80. The second kappa shape index (κ2) is 5.43. The standard InChI is InChI=1S/C10H10O3S/c1-12-6-9-5-8(7-14-9)3-4-10(11)13-2/h5,7H,6H2,1-2H3. The zero-order valence-corrected chi connectivity index (χ0v) is 8.81. The smallest absolute Gasteiger partial charge is 0.384 e. The van der Waals surface area contributed by atoms with Gasteiger partial charge in [-0.1, -0.05) is 5.92 Å². The highest BCUT2D eigenvalue weighted by Gasteiger charge is 1.97. The number of carbonyl (C=O) groups is 1. The van der Waals surface area contributed by atoms with E-state index < -0.39 is 5.97 Å². The Morgan fingerprint density at radius 3 is 3.00 bits per heavy atom. The molecule has 0 aliphatic rings. The van der Waals surface area contributed by atoms with Crippen LogP contribution in [0, 0.1) is 11.8 Å². The maximum absolute atomic E-state index is 10.7. The number of hydrogen-bond donors (Lipinski definition) is 0. The average molecular weight is 210 g/mol. The molecule has 4 heteroatoms. The van der Waals surface area contributed by atoms with E-state index in [1.54, 1.807) is 18.4 Å². The van der Waals surface area contributed by atoms with Crippen LogP contribution in [-0.4, -0.2) is 20.2 Å². The minimum atomic E-state index is -0.524. The van der Waals surface area contributed by atoms with E-state index in [0.29, 0.717) is 6.61 Å². The molecule has 0 spiro atoms. The summed E-state index contributed by atoms with van der Waals surface area (Å²) < 4.78 is 9.35. The van der Waals surface area contributed by atoms with Crippen LogP contribution in [0.1, 0.15) is 10.4 Å². The van der Waals surface area contributed by atoms with Crippen molar-refractivity contribution in [2.75, 3.05) is 14.2 Å². The van der Waals surface area contributed by atoms with Crippen molar-refractivity contribution in [2.24, 2.45) is 0 Å². The van der Waals surface area contributed by atoms with Crippen LogP contribution in [0.2, 0.25) is 0 Å². The largest absolute Gasteiger partial charge is 0.459 e. The second-order valence-electron chi connectivity index (χ2n) is 2.48. The molecule has 1 rings (SSSR count). The molecule has 0 unspecified atom stereocenters. The third-order valence-electron chi connectivity index (χ3n) is 1.43. The predicted octanol–water partition coefficient (Wildman–Crippen LogP) is 1.42. The number of esters is 1. The van der Waals surface area contributed by atoms with Crippen LogP contribution in [0.15, 0.2) is 11.4 Å². The number of thiophene rings is 1. The Labute approximate surface area is 86.6 Å². The highest BCUT2D eigenvalue weighted by atomic mass is 32.1. The van der Waals surface area contributed by atoms with Crippen LogP contribution in [0.25, 0.3) is 0 Å². The molecular weight excluding hydrogens is 200 g/mol. The average Bonchev–Trinajstić information content (AvgIpc) is 2.63. The SMILES string of the molecule is COCc1cc(C#CC(=O)OC)cs1. The molecule has 0 aliphatic carbocycles. The first-order valence-electron chi connectivity index (χ1n) is 3.92. The molecule has 3 nitrogen and oxygen atoms in total. The molecule has 0 amide bonds. The number of carbonyl (C=O) groups excluding carboxylic acids is 1. The summed E-state index contributed by atoms with van der Waals surface area (Å²) in [6, 6.07) is 1.89. The van der Waals surface area contributed by atoms with Gasteiger partial charge in [-0.3, -0.25) is 0 Å². The van der Waals surface area contributed by atoms with Crippen molar-refractivity contribution in [3.8, 4) is 11.8 Å². The van der Waals surface area contributed by atoms with Crippen LogP contribution in [0.4, 0.5) is 0 Å². The van der Waals surface area contributed by atoms with E-state index in [9.17, 15) is 4.79 Å². The van der Waals surface area contributed by atoms with Gasteiger partial charge in [-0.05, 0) is 6.07 Å². The summed E-state index contributed by atoms with van der Waals surface area (Å²) >= 11 is 1.55. The number of ether oxygens (including phenoxy) is 2. The number of hydrogen-bond acceptors (Lipinski definition) is 4. The summed E-state index contributed by atoms with van der Waals surface area (Å²) in [5.41, 5.74) is 0.812. The summed E-state index contributed by atoms with van der Waals surface area (Å²) in [6.07, 6.45) is 0. The topological polar surface area (TPSA) is 35.5 Å². The summed E-state index contributed by atoms with van der Waals surface area (Å²) in [5, 5.41) is 1.88. The van der Waals surface area contributed by atoms with E-state index >= 15 is 0 Å². The molecule has 0 saturated carbocycles. The second-order valence-corrected chi connectivity index (χ2v) is 3.47. The lowest BCUT2D eigenvalue weighted by Crippen LogP contribution is -1.94. The Balaban J connectivity index is 2.66. The van der Waals surface area contributed by atoms with Gasteiger partial charge in [0.15, 0.2) is 0 Å². The van der Waals surface area contributed by atoms with Crippen molar-refractivity contribution in [1.29, 1.82) is 0 Å². The molecule has 1 aromatic heterocycles. The van der Waals surface area contributed by atoms with Gasteiger partial charge in [-0.2, -0.15) is 0 Å². The zero-order valence-electron chi connectivity index (χ0n) is 7.99. The first-order chi connectivity index (χ1) is 6.76. The summed E-state index contributed by atoms with van der Waals surface area (Å²) in [6.45, 7) is 0.574. The van der Waals surface area contributed by atoms with Crippen molar-refractivity contribution < 1.29 is 14.3 Å². The Bertz CT molecular complexity index is 370. The molecule has 1 heterocycles. The van der Waals surface area contributed by atoms with Gasteiger partial charge >= 0.3 is 5.97 Å². The van der Waals surface area contributed by atoms with Crippen LogP contribution in [0.3, 0.4) is 0 Å². The first kappa shape index (κ1) is 10.8. The van der Waals surface area contributed by atoms with Gasteiger partial charge in [0.2, 0.25) is 0 Å². The maximum Gasteiger partial charge on any atom is 0.384 e. The number of rotatable bonds is 2. The zero-order chi connectivity index (χ0) is 10.4. The summed E-state index contributed by atoms with van der Waals surface area (Å²) in [5.74, 6) is 4.54. The third kappa shape index (κ3) is 3.21. The highest BCUT2D eigenvalue weighted by Crippen LogP contribution is 2.14. The van der Waals surface area contributed by atoms with Crippen molar-refractivity contribution in [3.63, 3.8) is 0 Å². The number of methoxy groups -OCH3 is 2. The van der Waals surface area contributed by atoms with Crippen LogP contribution >= 0.6 is 11.3 Å². The maximum atomic E-state index is 10.7. The minimum absolute atomic E-state index is 0.524. The van der Waals surface area contributed by atoms with E-state index in [1.165, 1.54) is 7.11 Å². The molecule has 0 bridgehead atoms. The molecule has 0 fully saturated rings. The van der Waals surface area contributed by atoms with Gasteiger partial charge in [0.05, 0.1) is 13.7 Å². The van der Waals surface area contributed by atoms with Gasteiger partial charge in [0.1, 0.15) is 0 Å². The Morgan fingerprint density at radius 2 is 2.36 bits per heavy atom. The van der Waals surface area contributed by atoms with Crippen molar-refractivity contribution >= 4 is 17.3 Å². The molecule has 1 aromatic rings. The van der Waals surface area contributed by atoms with Crippen LogP contribution in [0.5, 0.6) is 0 Å². The van der Waals surface area contributed by atoms with Gasteiger partial charge in [-0.25, -0.2) is 4.79 Å². The van der Waals surface area contributed by atoms with Gasteiger partial charge in [-0.15, -0.1) is 11.3 Å². The normalized spacial score (nSPS) is 9.00. The van der Waals surface area contributed by atoms with Crippen molar-refractivity contribution in [3.05, 3.63) is 21.9 Å². The van der Waals surface area contributed by atoms with E-state index in [0.717, 1.165) is 10.4 Å². The van der Waals surface area contributed by atoms with Gasteiger partial charge in [0, 0.05) is 28.9 Å². The van der Waals surface area contributed by atoms with Crippen molar-refractivity contribution in [2.45, 2.75) is 6.61 Å². The van der Waals surface area contributed by atoms with Crippen LogP contribution < -0.4 is 0 Å². The van der Waals surface area contributed by atoms with E-state index in [-0.39, 0.29) is 0 Å². The molecule has 0 saturated heterocycles. The molecule has 0 aliphatic heterocycles. The third-order valence-corrected chi connectivity index (χ3v) is 2.34. The lowest BCUT2D eigenvalue weighted by atomic mass is 10.3. The van der Waals surface area contributed by atoms with Crippen LogP contribution in [-0.2, 0) is 20.9 Å². The van der Waals surface area contributed by atoms with Gasteiger partial charge in [0.25, 0.3) is 0 Å². The molecule has 14 heavy (non-hydrogen) atoms. The Hall–Kier alpha value is -1.31. The fourth-order valence-electron chi connectivity index (χ4n) is 0.838. The lowest BCUT2D eigenvalue weighted by Gasteiger charge is -1.89. The fourth-order valence-corrected chi connectivity index (χ4v) is 1.62. The summed E-state index contributed by atoms with van der Waals surface area (Å²) in [7, 11) is 2.94. The molecule has 0 N–H and O–H groups in total. The van der Waals surface area contributed by atoms with E-state index in [4.69, 9.17) is 4.74 Å². The van der Waals surface area contributed by atoms with E-state index in [2.05, 4.69) is 16.6 Å². The lowest BCUT2D eigenvalue weighted by molar-refractivity contribution is -0.133. The predicted molar refractivity (Wildman–Crippen MR) is 53.9 cm³/mol. The quantitative estimate of drug-likeness (QED) is 0.547. The molecule has 0 radical (unpaired) electrons. The molecule has 0 atom stereocenters. The van der Waals surface area contributed by atoms with Crippen molar-refractivity contribution in [1.82, 2.24) is 0 Å². The molecule has 0 aromatic carbocycles. The monoisotopic (exact) mass is 210 g/mol. The Kier molecular flexibility index (Phi) is 4.17. The molecule has 74 valence electrons. The fraction of sp³-hybridized carbons (Fsp3) is 0.300. The summed E-state index contributed by atoms with van der Waals surface area (Å²) in [4.78, 5) is 11.8.